The summed E-state index contributed by atoms with van der Waals surface area (Å²) >= 11 is 0. The zero-order valence-electron chi connectivity index (χ0n) is 24.4. The van der Waals surface area contributed by atoms with E-state index in [0.717, 1.165) is 16.4 Å². The Hall–Kier alpha value is -4.60. The quantitative estimate of drug-likeness (QED) is 0.208. The number of hydrogen-bond donors (Lipinski definition) is 4. The molecule has 15 heteroatoms. The van der Waals surface area contributed by atoms with Gasteiger partial charge in [0.05, 0.1) is 32.9 Å². The summed E-state index contributed by atoms with van der Waals surface area (Å²) in [5, 5.41) is 12.5. The van der Waals surface area contributed by atoms with Gasteiger partial charge in [-0.05, 0) is 58.3 Å². The van der Waals surface area contributed by atoms with E-state index in [9.17, 15) is 26.8 Å². The molecule has 2 aromatic carbocycles. The fraction of sp³-hybridized carbons (Fsp3) is 0.276. The first kappa shape index (κ1) is 30.8. The van der Waals surface area contributed by atoms with Gasteiger partial charge >= 0.3 is 0 Å². The van der Waals surface area contributed by atoms with Gasteiger partial charge in [0.2, 0.25) is 10.0 Å². The van der Waals surface area contributed by atoms with Crippen LogP contribution in [0.1, 0.15) is 45.8 Å². The van der Waals surface area contributed by atoms with E-state index in [1.807, 2.05) is 19.0 Å². The second-order valence-electron chi connectivity index (χ2n) is 11.0. The van der Waals surface area contributed by atoms with E-state index in [1.54, 1.807) is 38.2 Å². The minimum atomic E-state index is -4.36. The van der Waals surface area contributed by atoms with Crippen LogP contribution >= 0.6 is 0 Å². The molecule has 0 radical (unpaired) electrons. The van der Waals surface area contributed by atoms with Gasteiger partial charge in [-0.1, -0.05) is 0 Å². The topological polar surface area (TPSA) is 153 Å². The van der Waals surface area contributed by atoms with Crippen LogP contribution in [0.4, 0.5) is 20.3 Å². The highest BCUT2D eigenvalue weighted by molar-refractivity contribution is 7.89. The molecule has 4 aromatic rings. The van der Waals surface area contributed by atoms with Gasteiger partial charge in [0.1, 0.15) is 24.0 Å². The Bertz CT molecular complexity index is 1800. The summed E-state index contributed by atoms with van der Waals surface area (Å²) < 4.78 is 61.6. The molecule has 0 atom stereocenters. The molecule has 0 aliphatic carbocycles. The fourth-order valence-electron chi connectivity index (χ4n) is 4.88. The lowest BCUT2D eigenvalue weighted by Gasteiger charge is -2.30. The number of nitrogens with one attached hydrogen (secondary N) is 4. The summed E-state index contributed by atoms with van der Waals surface area (Å²) in [4.78, 5) is 30.6. The van der Waals surface area contributed by atoms with Crippen molar-refractivity contribution in [2.75, 3.05) is 37.9 Å². The van der Waals surface area contributed by atoms with Crippen molar-refractivity contribution in [1.82, 2.24) is 24.4 Å². The number of ether oxygens (including phenoxy) is 1. The Labute approximate surface area is 252 Å². The zero-order valence-corrected chi connectivity index (χ0v) is 25.2. The number of anilines is 2. The predicted octanol–water partition coefficient (Wildman–Crippen LogP) is 3.90. The zero-order chi connectivity index (χ0) is 31.8. The molecular weight excluding hydrogens is 596 g/mol. The Morgan fingerprint density at radius 1 is 1.07 bits per heavy atom. The maximum absolute atomic E-state index is 13.9. The molecule has 44 heavy (non-hydrogen) atoms. The average Bonchev–Trinajstić information content (AvgIpc) is 3.67. The maximum atomic E-state index is 13.9. The summed E-state index contributed by atoms with van der Waals surface area (Å²) in [5.41, 5.74) is 0.212. The van der Waals surface area contributed by atoms with Crippen molar-refractivity contribution in [3.8, 4) is 5.75 Å². The maximum Gasteiger partial charge on any atom is 0.258 e. The van der Waals surface area contributed by atoms with E-state index in [0.29, 0.717) is 41.8 Å². The standard InChI is InChI=1S/C29H31F2N7O5S/c1-29(2)25-23(16-38(29)44(41,42)21-12-18(30)11-19(31)13-21)26(36-35-25)34-28(40)22-6-5-20(43-10-9-37(3)4)14-24(22)33-27(39)17-7-8-32-15-17/h5-8,11-15,32H,9-10,16H2,1-4H3,(H,33,39)(H2,34,35,36,40). The summed E-state index contributed by atoms with van der Waals surface area (Å²) in [6, 6.07) is 8.31. The number of aromatic nitrogens is 3. The number of halogens is 2. The monoisotopic (exact) mass is 627 g/mol. The number of likely N-dealkylation sites (N-methyl/N-ethyl adjacent to an activating group) is 1. The van der Waals surface area contributed by atoms with E-state index < -0.39 is 43.9 Å². The van der Waals surface area contributed by atoms with Crippen molar-refractivity contribution in [2.24, 2.45) is 0 Å². The fourth-order valence-corrected chi connectivity index (χ4v) is 6.65. The molecule has 0 saturated carbocycles. The molecule has 0 bridgehead atoms. The molecule has 5 rings (SSSR count). The van der Waals surface area contributed by atoms with Gasteiger partial charge in [-0.25, -0.2) is 17.2 Å². The van der Waals surface area contributed by atoms with Gasteiger partial charge in [-0.15, -0.1) is 0 Å². The van der Waals surface area contributed by atoms with E-state index >= 15 is 0 Å². The van der Waals surface area contributed by atoms with Gasteiger partial charge in [-0.3, -0.25) is 14.7 Å². The van der Waals surface area contributed by atoms with Crippen LogP contribution in [-0.2, 0) is 22.1 Å². The third kappa shape index (κ3) is 6.06. The second kappa shape index (κ2) is 11.8. The normalized spacial score (nSPS) is 14.4. The van der Waals surface area contributed by atoms with Crippen molar-refractivity contribution >= 4 is 33.3 Å². The molecule has 1 aliphatic rings. The van der Waals surface area contributed by atoms with Crippen LogP contribution < -0.4 is 15.4 Å². The Kier molecular flexibility index (Phi) is 8.29. The van der Waals surface area contributed by atoms with Crippen molar-refractivity contribution in [2.45, 2.75) is 30.8 Å². The minimum Gasteiger partial charge on any atom is -0.492 e. The minimum absolute atomic E-state index is 0.0652. The number of carbonyl (C=O) groups excluding carboxylic acids is 2. The van der Waals surface area contributed by atoms with Crippen LogP contribution in [-0.4, -0.2) is 71.9 Å². The van der Waals surface area contributed by atoms with Gasteiger partial charge < -0.3 is 25.3 Å². The SMILES string of the molecule is CN(C)CCOc1ccc(C(=O)Nc2n[nH]c3c2CN(S(=O)(=O)c2cc(F)cc(F)c2)C3(C)C)c(NC(=O)c2cc[nH]c2)c1. The highest BCUT2D eigenvalue weighted by Crippen LogP contribution is 2.44. The van der Waals surface area contributed by atoms with Crippen molar-refractivity contribution in [1.29, 1.82) is 0 Å². The second-order valence-corrected chi connectivity index (χ2v) is 12.8. The summed E-state index contributed by atoms with van der Waals surface area (Å²) in [7, 11) is -0.550. The van der Waals surface area contributed by atoms with Crippen molar-refractivity contribution in [3.63, 3.8) is 0 Å². The molecule has 0 saturated heterocycles. The first-order chi connectivity index (χ1) is 20.8. The Morgan fingerprint density at radius 2 is 1.80 bits per heavy atom. The lowest BCUT2D eigenvalue weighted by Crippen LogP contribution is -2.40. The van der Waals surface area contributed by atoms with Gasteiger partial charge in [-0.2, -0.15) is 9.40 Å². The largest absolute Gasteiger partial charge is 0.492 e. The highest BCUT2D eigenvalue weighted by Gasteiger charge is 2.48. The molecule has 3 heterocycles. The van der Waals surface area contributed by atoms with E-state index in [-0.39, 0.29) is 23.6 Å². The molecule has 2 aromatic heterocycles. The number of fused-ring (bicyclic) bond motifs is 1. The molecule has 4 N–H and O–H groups in total. The molecule has 0 unspecified atom stereocenters. The lowest BCUT2D eigenvalue weighted by atomic mass is 10.0. The Balaban J connectivity index is 1.42. The molecular formula is C29H31F2N7O5S. The predicted molar refractivity (Wildman–Crippen MR) is 158 cm³/mol. The number of amides is 2. The van der Waals surface area contributed by atoms with Gasteiger partial charge in [0.15, 0.2) is 5.82 Å². The molecule has 0 fully saturated rings. The number of carbonyl (C=O) groups is 2. The highest BCUT2D eigenvalue weighted by atomic mass is 32.2. The number of benzene rings is 2. The molecule has 232 valence electrons. The molecule has 1 aliphatic heterocycles. The average molecular weight is 628 g/mol. The van der Waals surface area contributed by atoms with Crippen LogP contribution in [0.2, 0.25) is 0 Å². The van der Waals surface area contributed by atoms with Gasteiger partial charge in [0.25, 0.3) is 11.8 Å². The molecule has 2 amide bonds. The van der Waals surface area contributed by atoms with E-state index in [4.69, 9.17) is 4.74 Å². The van der Waals surface area contributed by atoms with Crippen LogP contribution in [0.5, 0.6) is 5.75 Å². The third-order valence-corrected chi connectivity index (χ3v) is 9.21. The van der Waals surface area contributed by atoms with Gasteiger partial charge in [0, 0.05) is 43.2 Å². The number of hydrogen-bond acceptors (Lipinski definition) is 7. The number of nitrogens with zero attached hydrogens (tertiary/aromatic N) is 3. The molecule has 12 nitrogen and oxygen atoms in total. The first-order valence-corrected chi connectivity index (χ1v) is 14.9. The number of sulfonamides is 1. The summed E-state index contributed by atoms with van der Waals surface area (Å²) in [5.74, 6) is -2.64. The number of H-pyrrole nitrogens is 2. The van der Waals surface area contributed by atoms with Crippen molar-refractivity contribution in [3.05, 3.63) is 88.9 Å². The van der Waals surface area contributed by atoms with Crippen LogP contribution in [0, 0.1) is 11.6 Å². The first-order valence-electron chi connectivity index (χ1n) is 13.5. The molecule has 0 spiro atoms. The van der Waals surface area contributed by atoms with Crippen LogP contribution in [0.25, 0.3) is 0 Å². The summed E-state index contributed by atoms with van der Waals surface area (Å²) in [6.07, 6.45) is 3.11. The number of rotatable bonds is 10. The van der Waals surface area contributed by atoms with E-state index in [2.05, 4.69) is 25.8 Å². The smallest absolute Gasteiger partial charge is 0.258 e. The lowest BCUT2D eigenvalue weighted by molar-refractivity contribution is 0.102. The van der Waals surface area contributed by atoms with Crippen LogP contribution in [0.3, 0.4) is 0 Å². The Morgan fingerprint density at radius 3 is 2.45 bits per heavy atom. The van der Waals surface area contributed by atoms with Crippen molar-refractivity contribution < 1.29 is 31.5 Å². The summed E-state index contributed by atoms with van der Waals surface area (Å²) in [6.45, 7) is 4.01. The van der Waals surface area contributed by atoms with E-state index in [1.165, 1.54) is 12.3 Å². The number of aromatic amines is 2. The third-order valence-electron chi connectivity index (χ3n) is 7.21. The van der Waals surface area contributed by atoms with Crippen LogP contribution in [0.15, 0.2) is 59.8 Å².